The summed E-state index contributed by atoms with van der Waals surface area (Å²) in [4.78, 5) is 0. The number of hydrogen-bond donors (Lipinski definition) is 1. The largest absolute Gasteiger partial charge is 0.380 e. The molecule has 0 aliphatic heterocycles. The molecular weight excluding hydrogens is 138 g/mol. The van der Waals surface area contributed by atoms with Crippen molar-refractivity contribution in [3.05, 3.63) is 0 Å². The lowest BCUT2D eigenvalue weighted by molar-refractivity contribution is 0.0711. The van der Waals surface area contributed by atoms with E-state index in [2.05, 4.69) is 20.8 Å². The van der Waals surface area contributed by atoms with Crippen molar-refractivity contribution in [2.75, 3.05) is 7.11 Å². The molecule has 2 unspecified atom stereocenters. The smallest absolute Gasteiger partial charge is 0.0719 e. The Morgan fingerprint density at radius 2 is 1.91 bits per heavy atom. The molecule has 0 aromatic rings. The van der Waals surface area contributed by atoms with E-state index in [0.717, 1.165) is 12.8 Å². The van der Waals surface area contributed by atoms with E-state index in [1.165, 1.54) is 0 Å². The predicted octanol–water partition coefficient (Wildman–Crippen LogP) is 1.78. The van der Waals surface area contributed by atoms with Crippen LogP contribution < -0.4 is 5.73 Å². The highest BCUT2D eigenvalue weighted by atomic mass is 16.5. The highest BCUT2D eigenvalue weighted by Crippen LogP contribution is 2.10. The van der Waals surface area contributed by atoms with Gasteiger partial charge in [-0.2, -0.15) is 0 Å². The van der Waals surface area contributed by atoms with Crippen molar-refractivity contribution < 1.29 is 4.74 Å². The molecule has 0 aliphatic rings. The molecule has 11 heavy (non-hydrogen) atoms. The molecule has 0 aliphatic carbocycles. The molecule has 0 radical (unpaired) electrons. The normalized spacial score (nSPS) is 16.9. The molecule has 0 amide bonds. The van der Waals surface area contributed by atoms with Gasteiger partial charge >= 0.3 is 0 Å². The van der Waals surface area contributed by atoms with Gasteiger partial charge in [0.05, 0.1) is 6.10 Å². The third kappa shape index (κ3) is 4.38. The molecule has 2 atom stereocenters. The minimum Gasteiger partial charge on any atom is -0.380 e. The second-order valence-electron chi connectivity index (χ2n) is 3.48. The van der Waals surface area contributed by atoms with E-state index < -0.39 is 0 Å². The zero-order valence-corrected chi connectivity index (χ0v) is 8.13. The number of methoxy groups -OCH3 is 1. The lowest BCUT2D eigenvalue weighted by Crippen LogP contribution is -2.36. The van der Waals surface area contributed by atoms with Crippen LogP contribution in [0.1, 0.15) is 33.6 Å². The Labute approximate surface area is 70.1 Å². The van der Waals surface area contributed by atoms with Gasteiger partial charge in [0.25, 0.3) is 0 Å². The van der Waals surface area contributed by atoms with E-state index in [0.29, 0.717) is 5.92 Å². The van der Waals surface area contributed by atoms with Crippen molar-refractivity contribution in [2.24, 2.45) is 11.7 Å². The van der Waals surface area contributed by atoms with Gasteiger partial charge in [-0.25, -0.2) is 0 Å². The third-order valence-electron chi connectivity index (χ3n) is 1.93. The lowest BCUT2D eigenvalue weighted by Gasteiger charge is -2.22. The summed E-state index contributed by atoms with van der Waals surface area (Å²) < 4.78 is 5.24. The van der Waals surface area contributed by atoms with Gasteiger partial charge in [0.1, 0.15) is 0 Å². The number of nitrogens with two attached hydrogens (primary N) is 1. The Bertz CT molecular complexity index is 89.6. The van der Waals surface area contributed by atoms with Crippen molar-refractivity contribution in [2.45, 2.75) is 45.8 Å². The summed E-state index contributed by atoms with van der Waals surface area (Å²) in [6.07, 6.45) is 2.29. The summed E-state index contributed by atoms with van der Waals surface area (Å²) in [5.74, 6) is 0.661. The monoisotopic (exact) mass is 159 g/mol. The first-order valence-corrected chi connectivity index (χ1v) is 4.40. The fraction of sp³-hybridized carbons (Fsp3) is 1.00. The van der Waals surface area contributed by atoms with Crippen molar-refractivity contribution in [1.29, 1.82) is 0 Å². The van der Waals surface area contributed by atoms with E-state index in [9.17, 15) is 0 Å². The molecule has 0 aromatic heterocycles. The molecular formula is C9H21NO. The number of ether oxygens (including phenoxy) is 1. The quantitative estimate of drug-likeness (QED) is 0.663. The first-order valence-electron chi connectivity index (χ1n) is 4.40. The SMILES string of the molecule is CCC(OC)C(N)CC(C)C. The van der Waals surface area contributed by atoms with Crippen LogP contribution in [0.15, 0.2) is 0 Å². The summed E-state index contributed by atoms with van der Waals surface area (Å²) in [6, 6.07) is 0.199. The molecule has 2 N–H and O–H groups in total. The van der Waals surface area contributed by atoms with Gasteiger partial charge in [0.15, 0.2) is 0 Å². The summed E-state index contributed by atoms with van der Waals surface area (Å²) in [7, 11) is 1.73. The van der Waals surface area contributed by atoms with E-state index in [4.69, 9.17) is 10.5 Å². The molecule has 0 aromatic carbocycles. The Morgan fingerprint density at radius 3 is 2.18 bits per heavy atom. The van der Waals surface area contributed by atoms with Crippen LogP contribution in [-0.2, 0) is 4.74 Å². The standard InChI is InChI=1S/C9H21NO/c1-5-9(11-4)8(10)6-7(2)3/h7-9H,5-6,10H2,1-4H3. The Balaban J connectivity index is 3.68. The van der Waals surface area contributed by atoms with Gasteiger partial charge in [-0.15, -0.1) is 0 Å². The van der Waals surface area contributed by atoms with Crippen LogP contribution in [0.4, 0.5) is 0 Å². The van der Waals surface area contributed by atoms with Gasteiger partial charge in [0.2, 0.25) is 0 Å². The molecule has 68 valence electrons. The maximum absolute atomic E-state index is 5.91. The minimum absolute atomic E-state index is 0.199. The van der Waals surface area contributed by atoms with E-state index in [1.807, 2.05) is 0 Å². The molecule has 2 nitrogen and oxygen atoms in total. The molecule has 0 heterocycles. The van der Waals surface area contributed by atoms with Crippen molar-refractivity contribution in [3.8, 4) is 0 Å². The molecule has 0 saturated carbocycles. The van der Waals surface area contributed by atoms with Crippen LogP contribution in [0.5, 0.6) is 0 Å². The minimum atomic E-state index is 0.199. The zero-order chi connectivity index (χ0) is 8.85. The van der Waals surface area contributed by atoms with Crippen molar-refractivity contribution >= 4 is 0 Å². The highest BCUT2D eigenvalue weighted by Gasteiger charge is 2.15. The van der Waals surface area contributed by atoms with Crippen LogP contribution in [0.25, 0.3) is 0 Å². The summed E-state index contributed by atoms with van der Waals surface area (Å²) >= 11 is 0. The maximum atomic E-state index is 5.91. The highest BCUT2D eigenvalue weighted by molar-refractivity contribution is 4.72. The Hall–Kier alpha value is -0.0800. The fourth-order valence-electron chi connectivity index (χ4n) is 1.34. The van der Waals surface area contributed by atoms with Gasteiger partial charge in [-0.05, 0) is 18.8 Å². The van der Waals surface area contributed by atoms with Crippen LogP contribution in [0.3, 0.4) is 0 Å². The molecule has 0 bridgehead atoms. The van der Waals surface area contributed by atoms with Gasteiger partial charge in [-0.1, -0.05) is 20.8 Å². The fourth-order valence-corrected chi connectivity index (χ4v) is 1.34. The maximum Gasteiger partial charge on any atom is 0.0719 e. The average molecular weight is 159 g/mol. The zero-order valence-electron chi connectivity index (χ0n) is 8.13. The van der Waals surface area contributed by atoms with E-state index in [1.54, 1.807) is 7.11 Å². The van der Waals surface area contributed by atoms with E-state index in [-0.39, 0.29) is 12.1 Å². The second-order valence-corrected chi connectivity index (χ2v) is 3.48. The summed E-state index contributed by atoms with van der Waals surface area (Å²) in [5.41, 5.74) is 5.91. The van der Waals surface area contributed by atoms with Gasteiger partial charge in [0, 0.05) is 13.2 Å². The Morgan fingerprint density at radius 1 is 1.36 bits per heavy atom. The van der Waals surface area contributed by atoms with Gasteiger partial charge in [-0.3, -0.25) is 0 Å². The molecule has 0 rings (SSSR count). The topological polar surface area (TPSA) is 35.2 Å². The second kappa shape index (κ2) is 5.56. The number of hydrogen-bond acceptors (Lipinski definition) is 2. The summed E-state index contributed by atoms with van der Waals surface area (Å²) in [6.45, 7) is 6.47. The van der Waals surface area contributed by atoms with Crippen molar-refractivity contribution in [3.63, 3.8) is 0 Å². The molecule has 0 saturated heterocycles. The molecule has 0 spiro atoms. The molecule has 0 fully saturated rings. The Kier molecular flexibility index (Phi) is 5.51. The first-order chi connectivity index (χ1) is 5.11. The third-order valence-corrected chi connectivity index (χ3v) is 1.93. The molecule has 2 heteroatoms. The predicted molar refractivity (Wildman–Crippen MR) is 48.5 cm³/mol. The van der Waals surface area contributed by atoms with Crippen molar-refractivity contribution in [1.82, 2.24) is 0 Å². The first kappa shape index (κ1) is 10.9. The summed E-state index contributed by atoms with van der Waals surface area (Å²) in [5, 5.41) is 0. The van der Waals surface area contributed by atoms with Gasteiger partial charge < -0.3 is 10.5 Å². The van der Waals surface area contributed by atoms with E-state index >= 15 is 0 Å². The van der Waals surface area contributed by atoms with Crippen LogP contribution >= 0.6 is 0 Å². The lowest BCUT2D eigenvalue weighted by atomic mass is 9.99. The van der Waals surface area contributed by atoms with Crippen LogP contribution in [-0.4, -0.2) is 19.3 Å². The average Bonchev–Trinajstić information content (AvgIpc) is 1.88. The number of rotatable bonds is 5. The van der Waals surface area contributed by atoms with Crippen LogP contribution in [0.2, 0.25) is 0 Å². The van der Waals surface area contributed by atoms with Crippen LogP contribution in [0, 0.1) is 5.92 Å².